The highest BCUT2D eigenvalue weighted by atomic mass is 16.3. The van der Waals surface area contributed by atoms with E-state index in [0.29, 0.717) is 0 Å². The Kier molecular flexibility index (Phi) is 5.75. The number of aliphatic hydroxyl groups excluding tert-OH is 1. The van der Waals surface area contributed by atoms with Crippen molar-refractivity contribution in [3.63, 3.8) is 0 Å². The van der Waals surface area contributed by atoms with E-state index in [1.807, 2.05) is 19.9 Å². The first-order valence-electron chi connectivity index (χ1n) is 6.62. The summed E-state index contributed by atoms with van der Waals surface area (Å²) in [6.07, 6.45) is 8.33. The van der Waals surface area contributed by atoms with Gasteiger partial charge in [0.15, 0.2) is 5.78 Å². The molecule has 0 fully saturated rings. The van der Waals surface area contributed by atoms with Crippen LogP contribution in [0.15, 0.2) is 11.6 Å². The Balaban J connectivity index is 2.64. The third kappa shape index (κ3) is 3.44. The molecule has 0 heterocycles. The summed E-state index contributed by atoms with van der Waals surface area (Å²) in [5.41, 5.74) is 0.872. The summed E-state index contributed by atoms with van der Waals surface area (Å²) in [6.45, 7) is 4.07. The standard InChI is InChI=1S/C14H24O2/c1-3-11(4-2)13(15)14(16)12-9-7-5-6-8-10-12/h9,11,13,15H,3-8,10H2,1-2H3. The van der Waals surface area contributed by atoms with Crippen LogP contribution < -0.4 is 0 Å². The van der Waals surface area contributed by atoms with Gasteiger partial charge in [0.25, 0.3) is 0 Å². The van der Waals surface area contributed by atoms with Crippen LogP contribution in [0.2, 0.25) is 0 Å². The van der Waals surface area contributed by atoms with E-state index >= 15 is 0 Å². The molecule has 1 N–H and O–H groups in total. The SMILES string of the molecule is CCC(CC)C(O)C(=O)C1=CCCCCC1. The minimum absolute atomic E-state index is 0.0180. The van der Waals surface area contributed by atoms with Gasteiger partial charge in [-0.2, -0.15) is 0 Å². The van der Waals surface area contributed by atoms with Crippen molar-refractivity contribution in [3.8, 4) is 0 Å². The Bertz CT molecular complexity index is 251. The Hall–Kier alpha value is -0.630. The molecule has 0 aromatic carbocycles. The predicted molar refractivity (Wildman–Crippen MR) is 66.3 cm³/mol. The van der Waals surface area contributed by atoms with Crippen LogP contribution in [0.25, 0.3) is 0 Å². The van der Waals surface area contributed by atoms with E-state index in [0.717, 1.165) is 37.7 Å². The molecule has 92 valence electrons. The van der Waals surface area contributed by atoms with Crippen LogP contribution >= 0.6 is 0 Å². The normalized spacial score (nSPS) is 19.1. The maximum atomic E-state index is 12.1. The number of Topliss-reactive ketones (excluding diaryl/α,β-unsaturated/α-hetero) is 1. The molecule has 1 aliphatic rings. The van der Waals surface area contributed by atoms with Gasteiger partial charge in [-0.25, -0.2) is 0 Å². The van der Waals surface area contributed by atoms with Crippen LogP contribution in [0.3, 0.4) is 0 Å². The summed E-state index contributed by atoms with van der Waals surface area (Å²) < 4.78 is 0. The van der Waals surface area contributed by atoms with Crippen molar-refractivity contribution in [1.29, 1.82) is 0 Å². The molecule has 1 aliphatic carbocycles. The fraction of sp³-hybridized carbons (Fsp3) is 0.786. The quantitative estimate of drug-likeness (QED) is 0.778. The van der Waals surface area contributed by atoms with Crippen molar-refractivity contribution < 1.29 is 9.90 Å². The fourth-order valence-electron chi connectivity index (χ4n) is 2.38. The van der Waals surface area contributed by atoms with E-state index in [1.165, 1.54) is 12.8 Å². The molecule has 0 aromatic rings. The van der Waals surface area contributed by atoms with Gasteiger partial charge in [0.1, 0.15) is 6.10 Å². The van der Waals surface area contributed by atoms with Crippen LogP contribution in [-0.4, -0.2) is 17.0 Å². The summed E-state index contributed by atoms with van der Waals surface area (Å²) in [4.78, 5) is 12.1. The molecule has 0 aliphatic heterocycles. The molecule has 16 heavy (non-hydrogen) atoms. The van der Waals surface area contributed by atoms with E-state index in [4.69, 9.17) is 0 Å². The highest BCUT2D eigenvalue weighted by Crippen LogP contribution is 2.22. The minimum Gasteiger partial charge on any atom is -0.385 e. The number of carbonyl (C=O) groups is 1. The molecule has 1 rings (SSSR count). The average molecular weight is 224 g/mol. The number of ketones is 1. The van der Waals surface area contributed by atoms with Crippen molar-refractivity contribution >= 4 is 5.78 Å². The monoisotopic (exact) mass is 224 g/mol. The molecule has 2 heteroatoms. The molecule has 0 bridgehead atoms. The zero-order valence-electron chi connectivity index (χ0n) is 10.5. The van der Waals surface area contributed by atoms with Crippen LogP contribution in [0.5, 0.6) is 0 Å². The van der Waals surface area contributed by atoms with Gasteiger partial charge in [-0.3, -0.25) is 4.79 Å². The number of hydrogen-bond acceptors (Lipinski definition) is 2. The Morgan fingerprint density at radius 1 is 1.31 bits per heavy atom. The lowest BCUT2D eigenvalue weighted by Crippen LogP contribution is -2.30. The predicted octanol–water partition coefficient (Wildman–Crippen LogP) is 3.24. The van der Waals surface area contributed by atoms with E-state index in [9.17, 15) is 9.90 Å². The van der Waals surface area contributed by atoms with Crippen LogP contribution in [0.1, 0.15) is 58.8 Å². The smallest absolute Gasteiger partial charge is 0.187 e. The van der Waals surface area contributed by atoms with Gasteiger partial charge in [0.05, 0.1) is 0 Å². The number of rotatable bonds is 5. The van der Waals surface area contributed by atoms with E-state index in [1.54, 1.807) is 0 Å². The molecule has 0 aromatic heterocycles. The average Bonchev–Trinajstić information content (AvgIpc) is 2.58. The van der Waals surface area contributed by atoms with Gasteiger partial charge in [-0.1, -0.05) is 39.2 Å². The first-order chi connectivity index (χ1) is 7.70. The molecular formula is C14H24O2. The summed E-state index contributed by atoms with van der Waals surface area (Å²) in [6, 6.07) is 0. The zero-order chi connectivity index (χ0) is 12.0. The fourth-order valence-corrected chi connectivity index (χ4v) is 2.38. The lowest BCUT2D eigenvalue weighted by Gasteiger charge is -2.19. The van der Waals surface area contributed by atoms with Gasteiger partial charge < -0.3 is 5.11 Å². The van der Waals surface area contributed by atoms with Crippen molar-refractivity contribution in [1.82, 2.24) is 0 Å². The zero-order valence-corrected chi connectivity index (χ0v) is 10.5. The van der Waals surface area contributed by atoms with Crippen LogP contribution in [0.4, 0.5) is 0 Å². The van der Waals surface area contributed by atoms with Crippen molar-refractivity contribution in [2.45, 2.75) is 64.9 Å². The maximum absolute atomic E-state index is 12.1. The molecule has 0 radical (unpaired) electrons. The Labute approximate surface area is 98.7 Å². The molecule has 0 amide bonds. The lowest BCUT2D eigenvalue weighted by atomic mass is 9.89. The van der Waals surface area contributed by atoms with E-state index in [-0.39, 0.29) is 11.7 Å². The van der Waals surface area contributed by atoms with E-state index in [2.05, 4.69) is 0 Å². The molecule has 0 saturated heterocycles. The van der Waals surface area contributed by atoms with Crippen molar-refractivity contribution in [3.05, 3.63) is 11.6 Å². The Morgan fingerprint density at radius 3 is 2.62 bits per heavy atom. The number of allylic oxidation sites excluding steroid dienone is 1. The number of carbonyl (C=O) groups excluding carboxylic acids is 1. The number of hydrogen-bond donors (Lipinski definition) is 1. The van der Waals surface area contributed by atoms with Crippen LogP contribution in [-0.2, 0) is 4.79 Å². The molecule has 0 saturated carbocycles. The van der Waals surface area contributed by atoms with Crippen molar-refractivity contribution in [2.24, 2.45) is 5.92 Å². The molecular weight excluding hydrogens is 200 g/mol. The van der Waals surface area contributed by atoms with Gasteiger partial charge in [-0.15, -0.1) is 0 Å². The topological polar surface area (TPSA) is 37.3 Å². The lowest BCUT2D eigenvalue weighted by molar-refractivity contribution is -0.126. The first-order valence-corrected chi connectivity index (χ1v) is 6.62. The Morgan fingerprint density at radius 2 is 2.00 bits per heavy atom. The maximum Gasteiger partial charge on any atom is 0.187 e. The number of aliphatic hydroxyl groups is 1. The molecule has 1 unspecified atom stereocenters. The summed E-state index contributed by atoms with van der Waals surface area (Å²) in [5.74, 6) is 0.104. The van der Waals surface area contributed by atoms with Crippen molar-refractivity contribution in [2.75, 3.05) is 0 Å². The second-order valence-corrected chi connectivity index (χ2v) is 4.71. The third-order valence-electron chi connectivity index (χ3n) is 3.62. The highest BCUT2D eigenvalue weighted by molar-refractivity contribution is 5.98. The summed E-state index contributed by atoms with van der Waals surface area (Å²) in [5, 5.41) is 10.0. The summed E-state index contributed by atoms with van der Waals surface area (Å²) in [7, 11) is 0. The highest BCUT2D eigenvalue weighted by Gasteiger charge is 2.25. The van der Waals surface area contributed by atoms with Gasteiger partial charge >= 0.3 is 0 Å². The van der Waals surface area contributed by atoms with Gasteiger partial charge in [0, 0.05) is 0 Å². The first kappa shape index (κ1) is 13.4. The molecule has 0 spiro atoms. The van der Waals surface area contributed by atoms with Gasteiger partial charge in [-0.05, 0) is 37.2 Å². The molecule has 2 nitrogen and oxygen atoms in total. The minimum atomic E-state index is -0.778. The molecule has 1 atom stereocenters. The third-order valence-corrected chi connectivity index (χ3v) is 3.62. The second kappa shape index (κ2) is 6.85. The van der Waals surface area contributed by atoms with E-state index < -0.39 is 6.10 Å². The largest absolute Gasteiger partial charge is 0.385 e. The van der Waals surface area contributed by atoms with Crippen LogP contribution in [0, 0.1) is 5.92 Å². The second-order valence-electron chi connectivity index (χ2n) is 4.71. The van der Waals surface area contributed by atoms with Gasteiger partial charge in [0.2, 0.25) is 0 Å². The summed E-state index contributed by atoms with van der Waals surface area (Å²) >= 11 is 0.